The summed E-state index contributed by atoms with van der Waals surface area (Å²) in [4.78, 5) is 36.8. The predicted molar refractivity (Wildman–Crippen MR) is 115 cm³/mol. The number of halogens is 1. The summed E-state index contributed by atoms with van der Waals surface area (Å²) in [5, 5.41) is 3.29. The molecule has 0 saturated heterocycles. The molecule has 1 atom stereocenters. The van der Waals surface area contributed by atoms with Crippen LogP contribution in [0.25, 0.3) is 6.08 Å². The molecule has 0 aliphatic carbocycles. The molecule has 156 valence electrons. The van der Waals surface area contributed by atoms with Crippen LogP contribution in [-0.2, 0) is 14.3 Å². The molecule has 6 nitrogen and oxygen atoms in total. The third-order valence-corrected chi connectivity index (χ3v) is 4.80. The van der Waals surface area contributed by atoms with Crippen LogP contribution in [0.5, 0.6) is 5.75 Å². The quantitative estimate of drug-likeness (QED) is 0.541. The topological polar surface area (TPSA) is 81.7 Å². The molecule has 30 heavy (non-hydrogen) atoms. The number of hydrogen-bond acceptors (Lipinski definition) is 5. The van der Waals surface area contributed by atoms with Crippen LogP contribution >= 0.6 is 11.6 Å². The Kier molecular flexibility index (Phi) is 6.57. The van der Waals surface area contributed by atoms with Gasteiger partial charge in [-0.3, -0.25) is 9.59 Å². The first-order chi connectivity index (χ1) is 14.2. The second kappa shape index (κ2) is 9.13. The maximum atomic E-state index is 12.6. The number of fused-ring (bicyclic) bond motifs is 1. The molecule has 0 saturated carbocycles. The molecule has 0 aromatic heterocycles. The SMILES string of the molecule is CC(C)C(=O)Nc1ccc(C(=O)C(C)OC(=O)C2=Cc3cc(Cl)ccc3OC2)cc1. The van der Waals surface area contributed by atoms with Gasteiger partial charge in [-0.1, -0.05) is 25.4 Å². The van der Waals surface area contributed by atoms with Gasteiger partial charge < -0.3 is 14.8 Å². The smallest absolute Gasteiger partial charge is 0.338 e. The van der Waals surface area contributed by atoms with Crippen molar-refractivity contribution >= 4 is 41.0 Å². The van der Waals surface area contributed by atoms with Gasteiger partial charge in [-0.05, 0) is 55.5 Å². The summed E-state index contributed by atoms with van der Waals surface area (Å²) in [5.74, 6) is -0.591. The first-order valence-electron chi connectivity index (χ1n) is 9.53. The van der Waals surface area contributed by atoms with Gasteiger partial charge in [-0.15, -0.1) is 0 Å². The number of ketones is 1. The minimum absolute atomic E-state index is 0.0542. The molecule has 1 heterocycles. The van der Waals surface area contributed by atoms with Crippen molar-refractivity contribution in [1.29, 1.82) is 0 Å². The first kappa shape index (κ1) is 21.6. The highest BCUT2D eigenvalue weighted by atomic mass is 35.5. The van der Waals surface area contributed by atoms with Crippen LogP contribution in [0.15, 0.2) is 48.0 Å². The summed E-state index contributed by atoms with van der Waals surface area (Å²) >= 11 is 5.98. The molecule has 3 rings (SSSR count). The highest BCUT2D eigenvalue weighted by molar-refractivity contribution is 6.30. The van der Waals surface area contributed by atoms with Crippen molar-refractivity contribution in [3.63, 3.8) is 0 Å². The van der Waals surface area contributed by atoms with Crippen LogP contribution in [0.2, 0.25) is 5.02 Å². The Labute approximate surface area is 179 Å². The zero-order valence-electron chi connectivity index (χ0n) is 16.9. The fourth-order valence-electron chi connectivity index (χ4n) is 2.80. The van der Waals surface area contributed by atoms with E-state index in [2.05, 4.69) is 5.32 Å². The lowest BCUT2D eigenvalue weighted by Gasteiger charge is -2.19. The lowest BCUT2D eigenvalue weighted by molar-refractivity contribution is -0.142. The van der Waals surface area contributed by atoms with Crippen LogP contribution < -0.4 is 10.1 Å². The van der Waals surface area contributed by atoms with Gasteiger partial charge in [0.05, 0.1) is 5.57 Å². The van der Waals surface area contributed by atoms with E-state index < -0.39 is 12.1 Å². The number of benzene rings is 2. The Morgan fingerprint density at radius 3 is 2.43 bits per heavy atom. The van der Waals surface area contributed by atoms with Crippen molar-refractivity contribution < 1.29 is 23.9 Å². The van der Waals surface area contributed by atoms with Crippen LogP contribution in [0, 0.1) is 5.92 Å². The number of esters is 1. The maximum absolute atomic E-state index is 12.6. The Morgan fingerprint density at radius 2 is 1.77 bits per heavy atom. The summed E-state index contributed by atoms with van der Waals surface area (Å²) < 4.78 is 10.9. The molecule has 7 heteroatoms. The third kappa shape index (κ3) is 5.07. The highest BCUT2D eigenvalue weighted by Gasteiger charge is 2.24. The zero-order valence-corrected chi connectivity index (χ0v) is 17.7. The van der Waals surface area contributed by atoms with Gasteiger partial charge in [0.25, 0.3) is 0 Å². The Morgan fingerprint density at radius 1 is 1.07 bits per heavy atom. The van der Waals surface area contributed by atoms with Gasteiger partial charge in [0, 0.05) is 27.8 Å². The standard InChI is InChI=1S/C23H22ClNO5/c1-13(2)22(27)25-19-7-4-15(5-8-19)21(26)14(3)30-23(28)17-10-16-11-18(24)6-9-20(16)29-12-17/h4-11,13-14H,12H2,1-3H3,(H,25,27). The number of ether oxygens (including phenoxy) is 2. The lowest BCUT2D eigenvalue weighted by Crippen LogP contribution is -2.27. The summed E-state index contributed by atoms with van der Waals surface area (Å²) in [6, 6.07) is 11.6. The van der Waals surface area contributed by atoms with Crippen molar-refractivity contribution in [3.8, 4) is 5.75 Å². The molecule has 0 radical (unpaired) electrons. The average Bonchev–Trinajstić information content (AvgIpc) is 2.73. The number of Topliss-reactive ketones (excluding diaryl/α,β-unsaturated/α-hetero) is 1. The van der Waals surface area contributed by atoms with Gasteiger partial charge >= 0.3 is 5.97 Å². The Balaban J connectivity index is 1.64. The van der Waals surface area contributed by atoms with Gasteiger partial charge in [0.2, 0.25) is 11.7 Å². The van der Waals surface area contributed by atoms with Crippen molar-refractivity contribution in [2.75, 3.05) is 11.9 Å². The van der Waals surface area contributed by atoms with Crippen LogP contribution in [0.1, 0.15) is 36.7 Å². The number of rotatable bonds is 6. The summed E-state index contributed by atoms with van der Waals surface area (Å²) in [6.07, 6.45) is 0.673. The van der Waals surface area contributed by atoms with E-state index in [1.165, 1.54) is 6.92 Å². The van der Waals surface area contributed by atoms with E-state index in [1.54, 1.807) is 62.4 Å². The number of nitrogens with one attached hydrogen (secondary N) is 1. The Bertz CT molecular complexity index is 1010. The molecular formula is C23H22ClNO5. The molecule has 1 amide bonds. The number of anilines is 1. The van der Waals surface area contributed by atoms with Crippen LogP contribution in [0.4, 0.5) is 5.69 Å². The molecule has 0 bridgehead atoms. The van der Waals surface area contributed by atoms with Gasteiger partial charge in [0.15, 0.2) is 6.10 Å². The molecule has 2 aromatic carbocycles. The van der Waals surface area contributed by atoms with E-state index in [1.807, 2.05) is 0 Å². The minimum Gasteiger partial charge on any atom is -0.488 e. The fraction of sp³-hybridized carbons (Fsp3) is 0.261. The Hall–Kier alpha value is -3.12. The van der Waals surface area contributed by atoms with Crippen LogP contribution in [-0.4, -0.2) is 30.4 Å². The predicted octanol–water partition coefficient (Wildman–Crippen LogP) is 4.52. The summed E-state index contributed by atoms with van der Waals surface area (Å²) in [6.45, 7) is 5.16. The van der Waals surface area contributed by atoms with Gasteiger partial charge in [-0.2, -0.15) is 0 Å². The van der Waals surface area contributed by atoms with Gasteiger partial charge in [-0.25, -0.2) is 4.79 Å². The average molecular weight is 428 g/mol. The molecule has 1 aliphatic rings. The van der Waals surface area contributed by atoms with Crippen molar-refractivity contribution in [2.45, 2.75) is 26.9 Å². The summed E-state index contributed by atoms with van der Waals surface area (Å²) in [7, 11) is 0. The van der Waals surface area contributed by atoms with Gasteiger partial charge in [0.1, 0.15) is 12.4 Å². The molecule has 0 spiro atoms. The van der Waals surface area contributed by atoms with E-state index in [0.717, 1.165) is 0 Å². The number of amides is 1. The van der Waals surface area contributed by atoms with E-state index in [9.17, 15) is 14.4 Å². The van der Waals surface area contributed by atoms with E-state index in [4.69, 9.17) is 21.1 Å². The third-order valence-electron chi connectivity index (χ3n) is 4.56. The normalized spacial score (nSPS) is 13.6. The van der Waals surface area contributed by atoms with Crippen molar-refractivity contribution in [1.82, 2.24) is 0 Å². The second-order valence-electron chi connectivity index (χ2n) is 7.27. The van der Waals surface area contributed by atoms with Crippen LogP contribution in [0.3, 0.4) is 0 Å². The molecule has 1 unspecified atom stereocenters. The van der Waals surface area contributed by atoms with E-state index >= 15 is 0 Å². The highest BCUT2D eigenvalue weighted by Crippen LogP contribution is 2.29. The lowest BCUT2D eigenvalue weighted by atomic mass is 10.1. The fourth-order valence-corrected chi connectivity index (χ4v) is 2.98. The van der Waals surface area contributed by atoms with E-state index in [0.29, 0.717) is 33.2 Å². The zero-order chi connectivity index (χ0) is 21.8. The number of hydrogen-bond donors (Lipinski definition) is 1. The molecular weight excluding hydrogens is 406 g/mol. The number of carbonyl (C=O) groups excluding carboxylic acids is 3. The molecule has 2 aromatic rings. The molecule has 1 N–H and O–H groups in total. The largest absolute Gasteiger partial charge is 0.488 e. The van der Waals surface area contributed by atoms with Crippen molar-refractivity contribution in [3.05, 3.63) is 64.2 Å². The number of carbonyl (C=O) groups is 3. The molecule has 0 fully saturated rings. The minimum atomic E-state index is -0.977. The van der Waals surface area contributed by atoms with Crippen molar-refractivity contribution in [2.24, 2.45) is 5.92 Å². The summed E-state index contributed by atoms with van der Waals surface area (Å²) in [5.41, 5.74) is 1.95. The maximum Gasteiger partial charge on any atom is 0.338 e. The monoisotopic (exact) mass is 427 g/mol. The van der Waals surface area contributed by atoms with E-state index in [-0.39, 0.29) is 24.2 Å². The first-order valence-corrected chi connectivity index (χ1v) is 9.91. The molecule has 1 aliphatic heterocycles. The second-order valence-corrected chi connectivity index (χ2v) is 7.71.